The Morgan fingerprint density at radius 1 is 1.54 bits per heavy atom. The molecule has 0 aromatic carbocycles. The third-order valence-electron chi connectivity index (χ3n) is 2.51. The van der Waals surface area contributed by atoms with Crippen molar-refractivity contribution in [2.75, 3.05) is 13.7 Å². The molecule has 0 heterocycles. The van der Waals surface area contributed by atoms with E-state index in [1.165, 1.54) is 7.11 Å². The molecule has 3 heteroatoms. The first-order valence-corrected chi connectivity index (χ1v) is 4.94. The summed E-state index contributed by atoms with van der Waals surface area (Å²) in [4.78, 5) is 11.3. The van der Waals surface area contributed by atoms with Crippen LogP contribution in [0.25, 0.3) is 0 Å². The van der Waals surface area contributed by atoms with Crippen LogP contribution < -0.4 is 5.32 Å². The van der Waals surface area contributed by atoms with E-state index in [1.54, 1.807) is 0 Å². The number of hydrogen-bond donors (Lipinski definition) is 1. The Labute approximate surface area is 79.8 Å². The number of ether oxygens (including phenoxy) is 1. The predicted molar refractivity (Wildman–Crippen MR) is 51.4 cm³/mol. The van der Waals surface area contributed by atoms with E-state index >= 15 is 0 Å². The number of carbonyl (C=O) groups excluding carboxylic acids is 1. The summed E-state index contributed by atoms with van der Waals surface area (Å²) in [6, 6.07) is 0. The van der Waals surface area contributed by atoms with Gasteiger partial charge < -0.3 is 10.1 Å². The number of carbonyl (C=O) groups is 1. The topological polar surface area (TPSA) is 38.3 Å². The summed E-state index contributed by atoms with van der Waals surface area (Å²) in [5.74, 6) is 0.581. The van der Waals surface area contributed by atoms with E-state index in [9.17, 15) is 4.79 Å². The lowest BCUT2D eigenvalue weighted by Crippen LogP contribution is -2.40. The first-order valence-electron chi connectivity index (χ1n) is 4.94. The van der Waals surface area contributed by atoms with Crippen molar-refractivity contribution in [1.29, 1.82) is 0 Å². The smallest absolute Gasteiger partial charge is 0.326 e. The van der Waals surface area contributed by atoms with Gasteiger partial charge in [0.25, 0.3) is 0 Å². The molecular weight excluding hydrogens is 166 g/mol. The van der Waals surface area contributed by atoms with E-state index in [-0.39, 0.29) is 11.5 Å². The van der Waals surface area contributed by atoms with Crippen LogP contribution in [0, 0.1) is 5.92 Å². The quantitative estimate of drug-likeness (QED) is 0.657. The Morgan fingerprint density at radius 3 is 2.54 bits per heavy atom. The van der Waals surface area contributed by atoms with Crippen molar-refractivity contribution in [1.82, 2.24) is 5.32 Å². The first kappa shape index (κ1) is 10.5. The zero-order valence-corrected chi connectivity index (χ0v) is 8.72. The van der Waals surface area contributed by atoms with Crippen molar-refractivity contribution >= 4 is 5.97 Å². The van der Waals surface area contributed by atoms with Gasteiger partial charge in [-0.2, -0.15) is 0 Å². The Morgan fingerprint density at radius 2 is 2.15 bits per heavy atom. The molecule has 0 aromatic rings. The maximum Gasteiger partial charge on any atom is 0.326 e. The molecule has 1 aliphatic rings. The number of esters is 1. The molecule has 76 valence electrons. The number of methoxy groups -OCH3 is 1. The highest BCUT2D eigenvalue weighted by atomic mass is 16.5. The van der Waals surface area contributed by atoms with Gasteiger partial charge in [-0.25, -0.2) is 0 Å². The zero-order chi connectivity index (χ0) is 9.90. The van der Waals surface area contributed by atoms with Gasteiger partial charge in [0.15, 0.2) is 0 Å². The van der Waals surface area contributed by atoms with Gasteiger partial charge in [-0.15, -0.1) is 0 Å². The fourth-order valence-electron chi connectivity index (χ4n) is 1.37. The van der Waals surface area contributed by atoms with E-state index in [0.29, 0.717) is 5.92 Å². The Balaban J connectivity index is 2.24. The summed E-state index contributed by atoms with van der Waals surface area (Å²) < 4.78 is 4.73. The minimum absolute atomic E-state index is 0.101. The Bertz CT molecular complexity index is 185. The highest BCUT2D eigenvalue weighted by molar-refractivity contribution is 5.84. The van der Waals surface area contributed by atoms with Gasteiger partial charge >= 0.3 is 5.97 Å². The second-order valence-corrected chi connectivity index (χ2v) is 4.18. The molecule has 0 bridgehead atoms. The predicted octanol–water partition coefficient (Wildman–Crippen LogP) is 1.33. The van der Waals surface area contributed by atoms with Crippen molar-refractivity contribution in [2.24, 2.45) is 5.92 Å². The lowest BCUT2D eigenvalue weighted by Gasteiger charge is -2.15. The summed E-state index contributed by atoms with van der Waals surface area (Å²) in [5.41, 5.74) is -0.316. The molecule has 0 aromatic heterocycles. The third kappa shape index (κ3) is 2.69. The van der Waals surface area contributed by atoms with Crippen molar-refractivity contribution in [3.8, 4) is 0 Å². The summed E-state index contributed by atoms with van der Waals surface area (Å²) in [6.07, 6.45) is 2.97. The maximum absolute atomic E-state index is 11.3. The molecule has 1 aliphatic carbocycles. The molecule has 13 heavy (non-hydrogen) atoms. The summed E-state index contributed by atoms with van der Waals surface area (Å²) in [7, 11) is 1.45. The van der Waals surface area contributed by atoms with Crippen LogP contribution in [0.4, 0.5) is 0 Å². The SMILES string of the molecule is COC(=O)C1(NCCC(C)C)CC1. The van der Waals surface area contributed by atoms with E-state index in [2.05, 4.69) is 19.2 Å². The minimum Gasteiger partial charge on any atom is -0.468 e. The van der Waals surface area contributed by atoms with E-state index in [4.69, 9.17) is 4.74 Å². The Hall–Kier alpha value is -0.570. The largest absolute Gasteiger partial charge is 0.468 e. The van der Waals surface area contributed by atoms with Crippen LogP contribution in [0.2, 0.25) is 0 Å². The van der Waals surface area contributed by atoms with Crippen molar-refractivity contribution in [3.05, 3.63) is 0 Å². The highest BCUT2D eigenvalue weighted by Crippen LogP contribution is 2.36. The lowest BCUT2D eigenvalue weighted by molar-refractivity contribution is -0.144. The van der Waals surface area contributed by atoms with E-state index in [1.807, 2.05) is 0 Å². The van der Waals surface area contributed by atoms with Gasteiger partial charge in [-0.05, 0) is 31.7 Å². The van der Waals surface area contributed by atoms with Gasteiger partial charge in [0.1, 0.15) is 5.54 Å². The van der Waals surface area contributed by atoms with E-state index < -0.39 is 0 Å². The maximum atomic E-state index is 11.3. The monoisotopic (exact) mass is 185 g/mol. The van der Waals surface area contributed by atoms with Gasteiger partial charge in [-0.3, -0.25) is 4.79 Å². The van der Waals surface area contributed by atoms with Crippen molar-refractivity contribution in [2.45, 2.75) is 38.6 Å². The average molecular weight is 185 g/mol. The number of hydrogen-bond acceptors (Lipinski definition) is 3. The number of rotatable bonds is 5. The molecule has 0 aliphatic heterocycles. The standard InChI is InChI=1S/C10H19NO2/c1-8(2)4-7-11-10(5-6-10)9(12)13-3/h8,11H,4-7H2,1-3H3. The molecule has 0 atom stereocenters. The second-order valence-electron chi connectivity index (χ2n) is 4.18. The fourth-order valence-corrected chi connectivity index (χ4v) is 1.37. The molecule has 0 unspecified atom stereocenters. The van der Waals surface area contributed by atoms with Gasteiger partial charge in [-0.1, -0.05) is 13.8 Å². The fraction of sp³-hybridized carbons (Fsp3) is 0.900. The first-order chi connectivity index (χ1) is 6.10. The molecule has 0 radical (unpaired) electrons. The minimum atomic E-state index is -0.316. The Kier molecular flexibility index (Phi) is 3.31. The van der Waals surface area contributed by atoms with E-state index in [0.717, 1.165) is 25.8 Å². The normalized spacial score (nSPS) is 18.8. The molecular formula is C10H19NO2. The van der Waals surface area contributed by atoms with Gasteiger partial charge in [0, 0.05) is 0 Å². The highest BCUT2D eigenvalue weighted by Gasteiger charge is 2.50. The van der Waals surface area contributed by atoms with Crippen LogP contribution in [0.1, 0.15) is 33.1 Å². The van der Waals surface area contributed by atoms with Crippen LogP contribution in [0.15, 0.2) is 0 Å². The van der Waals surface area contributed by atoms with Gasteiger partial charge in [0.05, 0.1) is 7.11 Å². The number of nitrogens with one attached hydrogen (secondary N) is 1. The molecule has 1 fully saturated rings. The third-order valence-corrected chi connectivity index (χ3v) is 2.51. The summed E-state index contributed by atoms with van der Waals surface area (Å²) >= 11 is 0. The van der Waals surface area contributed by atoms with Gasteiger partial charge in [0.2, 0.25) is 0 Å². The molecule has 1 saturated carbocycles. The van der Waals surface area contributed by atoms with Crippen molar-refractivity contribution in [3.63, 3.8) is 0 Å². The molecule has 1 rings (SSSR count). The molecule has 0 saturated heterocycles. The lowest BCUT2D eigenvalue weighted by atomic mass is 10.1. The molecule has 1 N–H and O–H groups in total. The summed E-state index contributed by atoms with van der Waals surface area (Å²) in [6.45, 7) is 5.27. The van der Waals surface area contributed by atoms with Crippen LogP contribution in [0.3, 0.4) is 0 Å². The van der Waals surface area contributed by atoms with Crippen LogP contribution in [-0.4, -0.2) is 25.2 Å². The van der Waals surface area contributed by atoms with Crippen LogP contribution in [0.5, 0.6) is 0 Å². The average Bonchev–Trinajstić information content (AvgIpc) is 2.84. The molecule has 3 nitrogen and oxygen atoms in total. The van der Waals surface area contributed by atoms with Crippen molar-refractivity contribution < 1.29 is 9.53 Å². The van der Waals surface area contributed by atoms with Crippen LogP contribution in [-0.2, 0) is 9.53 Å². The second kappa shape index (κ2) is 4.09. The summed E-state index contributed by atoms with van der Waals surface area (Å²) in [5, 5.41) is 3.28. The molecule has 0 amide bonds. The molecule has 0 spiro atoms. The zero-order valence-electron chi connectivity index (χ0n) is 8.72. The van der Waals surface area contributed by atoms with Crippen LogP contribution >= 0.6 is 0 Å².